The molecule has 0 atom stereocenters. The molecule has 0 spiro atoms. The predicted molar refractivity (Wildman–Crippen MR) is 76.4 cm³/mol. The van der Waals surface area contributed by atoms with Crippen LogP contribution in [-0.4, -0.2) is 15.6 Å². The lowest BCUT2D eigenvalue weighted by molar-refractivity contribution is -0.132. The minimum absolute atomic E-state index is 0.358. The Balaban J connectivity index is 2.62. The van der Waals surface area contributed by atoms with Crippen LogP contribution in [0.3, 0.4) is 0 Å². The van der Waals surface area contributed by atoms with Crippen molar-refractivity contribution in [1.82, 2.24) is 4.57 Å². The fraction of sp³-hybridized carbons (Fsp3) is 0.125. The van der Waals surface area contributed by atoms with Crippen molar-refractivity contribution in [3.8, 4) is 11.8 Å². The molecule has 0 aliphatic heterocycles. The van der Waals surface area contributed by atoms with Gasteiger partial charge in [0.05, 0.1) is 5.69 Å². The maximum absolute atomic E-state index is 13.9. The molecule has 4 nitrogen and oxygen atoms in total. The van der Waals surface area contributed by atoms with Gasteiger partial charge in [-0.25, -0.2) is 9.18 Å². The number of para-hydroxylation sites is 1. The number of aliphatic carboxylic acids is 1. The fourth-order valence-electron chi connectivity index (χ4n) is 2.23. The van der Waals surface area contributed by atoms with E-state index in [1.807, 2.05) is 0 Å². The van der Waals surface area contributed by atoms with Gasteiger partial charge in [0, 0.05) is 11.4 Å². The molecule has 1 N–H and O–H groups in total. The van der Waals surface area contributed by atoms with Crippen molar-refractivity contribution in [2.24, 2.45) is 0 Å². The topological polar surface area (TPSA) is 66.0 Å². The summed E-state index contributed by atoms with van der Waals surface area (Å²) in [5, 5.41) is 17.7. The van der Waals surface area contributed by atoms with E-state index in [1.54, 1.807) is 48.7 Å². The molecule has 0 unspecified atom stereocenters. The largest absolute Gasteiger partial charge is 0.477 e. The van der Waals surface area contributed by atoms with Crippen LogP contribution < -0.4 is 0 Å². The van der Waals surface area contributed by atoms with Crippen LogP contribution in [0.15, 0.2) is 35.9 Å². The Labute approximate surface area is 121 Å². The molecular weight excluding hydrogens is 271 g/mol. The van der Waals surface area contributed by atoms with Gasteiger partial charge in [-0.2, -0.15) is 5.26 Å². The van der Waals surface area contributed by atoms with Gasteiger partial charge in [0.1, 0.15) is 17.5 Å². The molecule has 0 aliphatic rings. The first-order valence-corrected chi connectivity index (χ1v) is 6.24. The number of hydrogen-bond donors (Lipinski definition) is 1. The number of hydrogen-bond acceptors (Lipinski definition) is 2. The van der Waals surface area contributed by atoms with Crippen LogP contribution >= 0.6 is 0 Å². The number of nitriles is 1. The number of halogens is 1. The predicted octanol–water partition coefficient (Wildman–Crippen LogP) is 3.22. The molecule has 0 saturated heterocycles. The highest BCUT2D eigenvalue weighted by molar-refractivity contribution is 5.96. The van der Waals surface area contributed by atoms with E-state index in [0.717, 1.165) is 5.69 Å². The van der Waals surface area contributed by atoms with Crippen LogP contribution in [0.4, 0.5) is 4.39 Å². The van der Waals surface area contributed by atoms with Crippen molar-refractivity contribution < 1.29 is 14.3 Å². The zero-order valence-corrected chi connectivity index (χ0v) is 11.6. The average Bonchev–Trinajstić information content (AvgIpc) is 2.71. The molecule has 5 heteroatoms. The van der Waals surface area contributed by atoms with E-state index in [2.05, 4.69) is 0 Å². The normalized spacial score (nSPS) is 11.2. The molecule has 106 valence electrons. The number of benzene rings is 1. The Morgan fingerprint density at radius 2 is 2.05 bits per heavy atom. The summed E-state index contributed by atoms with van der Waals surface area (Å²) in [7, 11) is 0. The molecule has 0 radical (unpaired) electrons. The minimum Gasteiger partial charge on any atom is -0.477 e. The number of aryl methyl sites for hydroxylation is 1. The summed E-state index contributed by atoms with van der Waals surface area (Å²) in [5.74, 6) is -1.65. The number of aromatic nitrogens is 1. The highest BCUT2D eigenvalue weighted by Gasteiger charge is 2.14. The van der Waals surface area contributed by atoms with Crippen LogP contribution in [0.5, 0.6) is 0 Å². The van der Waals surface area contributed by atoms with Gasteiger partial charge in [-0.05, 0) is 43.7 Å². The number of carboxylic acids is 1. The standard InChI is InChI=1S/C16H13FN2O2/c1-10-7-12(8-13(9-18)16(20)21)11(2)19(10)15-6-4-3-5-14(15)17/h3-8H,1-2H3,(H,20,21). The molecule has 0 fully saturated rings. The van der Waals surface area contributed by atoms with E-state index in [1.165, 1.54) is 12.1 Å². The Morgan fingerprint density at radius 3 is 2.62 bits per heavy atom. The average molecular weight is 284 g/mol. The van der Waals surface area contributed by atoms with E-state index in [9.17, 15) is 9.18 Å². The molecular formula is C16H13FN2O2. The zero-order chi connectivity index (χ0) is 15.6. The van der Waals surface area contributed by atoms with Crippen molar-refractivity contribution in [1.29, 1.82) is 5.26 Å². The fourth-order valence-corrected chi connectivity index (χ4v) is 2.23. The highest BCUT2D eigenvalue weighted by Crippen LogP contribution is 2.24. The highest BCUT2D eigenvalue weighted by atomic mass is 19.1. The Bertz CT molecular complexity index is 782. The van der Waals surface area contributed by atoms with Gasteiger partial charge in [0.2, 0.25) is 0 Å². The molecule has 2 rings (SSSR count). The second kappa shape index (κ2) is 5.63. The van der Waals surface area contributed by atoms with E-state index >= 15 is 0 Å². The van der Waals surface area contributed by atoms with Gasteiger partial charge in [0.25, 0.3) is 0 Å². The lowest BCUT2D eigenvalue weighted by Crippen LogP contribution is -2.02. The molecule has 1 aromatic heterocycles. The second-order valence-corrected chi connectivity index (χ2v) is 4.59. The Morgan fingerprint density at radius 1 is 1.38 bits per heavy atom. The van der Waals surface area contributed by atoms with Crippen LogP contribution in [-0.2, 0) is 4.79 Å². The summed E-state index contributed by atoms with van der Waals surface area (Å²) in [5.41, 5.74) is 2.04. The smallest absolute Gasteiger partial charge is 0.346 e. The summed E-state index contributed by atoms with van der Waals surface area (Å²) in [6.45, 7) is 3.55. The Hall–Kier alpha value is -2.87. The van der Waals surface area contributed by atoms with Gasteiger partial charge in [0.15, 0.2) is 0 Å². The number of rotatable bonds is 3. The Kier molecular flexibility index (Phi) is 3.90. The molecule has 1 heterocycles. The van der Waals surface area contributed by atoms with Gasteiger partial charge in [-0.15, -0.1) is 0 Å². The molecule has 1 aromatic carbocycles. The maximum atomic E-state index is 13.9. The van der Waals surface area contributed by atoms with Crippen LogP contribution in [0, 0.1) is 31.0 Å². The maximum Gasteiger partial charge on any atom is 0.346 e. The molecule has 21 heavy (non-hydrogen) atoms. The van der Waals surface area contributed by atoms with Crippen molar-refractivity contribution in [3.63, 3.8) is 0 Å². The number of carboxylic acid groups (broad SMARTS) is 1. The van der Waals surface area contributed by atoms with Crippen molar-refractivity contribution >= 4 is 12.0 Å². The number of nitrogens with zero attached hydrogens (tertiary/aromatic N) is 2. The molecule has 0 bridgehead atoms. The van der Waals surface area contributed by atoms with E-state index in [0.29, 0.717) is 16.9 Å². The first kappa shape index (κ1) is 14.5. The lowest BCUT2D eigenvalue weighted by atomic mass is 10.1. The number of carbonyl (C=O) groups is 1. The first-order chi connectivity index (χ1) is 9.95. The first-order valence-electron chi connectivity index (χ1n) is 6.24. The van der Waals surface area contributed by atoms with Crippen molar-refractivity contribution in [3.05, 3.63) is 58.7 Å². The van der Waals surface area contributed by atoms with Crippen LogP contribution in [0.1, 0.15) is 17.0 Å². The van der Waals surface area contributed by atoms with E-state index < -0.39 is 5.97 Å². The summed E-state index contributed by atoms with van der Waals surface area (Å²) in [4.78, 5) is 10.9. The molecule has 0 amide bonds. The summed E-state index contributed by atoms with van der Waals surface area (Å²) < 4.78 is 15.6. The third kappa shape index (κ3) is 2.70. The van der Waals surface area contributed by atoms with Crippen molar-refractivity contribution in [2.75, 3.05) is 0 Å². The zero-order valence-electron chi connectivity index (χ0n) is 11.6. The van der Waals surface area contributed by atoms with Gasteiger partial charge in [-0.1, -0.05) is 12.1 Å². The summed E-state index contributed by atoms with van der Waals surface area (Å²) in [6.07, 6.45) is 1.29. The van der Waals surface area contributed by atoms with Crippen LogP contribution in [0.2, 0.25) is 0 Å². The van der Waals surface area contributed by atoms with Crippen LogP contribution in [0.25, 0.3) is 11.8 Å². The summed E-state index contributed by atoms with van der Waals surface area (Å²) in [6, 6.07) is 9.70. The minimum atomic E-state index is -1.28. The van der Waals surface area contributed by atoms with E-state index in [4.69, 9.17) is 10.4 Å². The van der Waals surface area contributed by atoms with Gasteiger partial charge >= 0.3 is 5.97 Å². The molecule has 0 saturated carbocycles. The SMILES string of the molecule is Cc1cc(C=C(C#N)C(=O)O)c(C)n1-c1ccccc1F. The van der Waals surface area contributed by atoms with Gasteiger partial charge in [-0.3, -0.25) is 0 Å². The summed E-state index contributed by atoms with van der Waals surface area (Å²) >= 11 is 0. The monoisotopic (exact) mass is 284 g/mol. The van der Waals surface area contributed by atoms with E-state index in [-0.39, 0.29) is 11.4 Å². The quantitative estimate of drug-likeness (QED) is 0.695. The molecule has 0 aliphatic carbocycles. The second-order valence-electron chi connectivity index (χ2n) is 4.59. The van der Waals surface area contributed by atoms with Crippen molar-refractivity contribution in [2.45, 2.75) is 13.8 Å². The third-order valence-corrected chi connectivity index (χ3v) is 3.21. The third-order valence-electron chi connectivity index (χ3n) is 3.21. The van der Waals surface area contributed by atoms with Gasteiger partial charge < -0.3 is 9.67 Å². The molecule has 2 aromatic rings. The lowest BCUT2D eigenvalue weighted by Gasteiger charge is -2.10.